The van der Waals surface area contributed by atoms with Crippen LogP contribution in [0.15, 0.2) is 30.3 Å². The molecule has 1 aromatic carbocycles. The molecule has 1 saturated heterocycles. The zero-order chi connectivity index (χ0) is 13.3. The normalized spacial score (nSPS) is 28.7. The van der Waals surface area contributed by atoms with E-state index >= 15 is 0 Å². The smallest absolute Gasteiger partial charge is 0.410 e. The largest absolute Gasteiger partial charge is 0.445 e. The predicted octanol–water partition coefficient (Wildman–Crippen LogP) is 3.00. The Morgan fingerprint density at radius 1 is 1.42 bits per heavy atom. The summed E-state index contributed by atoms with van der Waals surface area (Å²) in [6.45, 7) is 1.13. The first-order valence-corrected chi connectivity index (χ1v) is 6.75. The fourth-order valence-corrected chi connectivity index (χ4v) is 3.13. The first-order chi connectivity index (χ1) is 9.23. The first-order valence-electron chi connectivity index (χ1n) is 6.75. The summed E-state index contributed by atoms with van der Waals surface area (Å²) >= 11 is 0. The quantitative estimate of drug-likeness (QED) is 0.839. The summed E-state index contributed by atoms with van der Waals surface area (Å²) < 4.78 is 18.4. The van der Waals surface area contributed by atoms with Gasteiger partial charge < -0.3 is 9.64 Å². The van der Waals surface area contributed by atoms with Crippen LogP contribution in [0.5, 0.6) is 0 Å². The number of carbonyl (C=O) groups is 1. The number of amides is 1. The van der Waals surface area contributed by atoms with Crippen LogP contribution in [-0.2, 0) is 11.3 Å². The Balaban J connectivity index is 1.55. The molecule has 1 saturated carbocycles. The topological polar surface area (TPSA) is 29.5 Å². The Hall–Kier alpha value is -1.58. The van der Waals surface area contributed by atoms with E-state index in [1.54, 1.807) is 4.90 Å². The molecule has 1 heterocycles. The second-order valence-corrected chi connectivity index (χ2v) is 5.65. The molecule has 0 spiro atoms. The van der Waals surface area contributed by atoms with E-state index in [0.717, 1.165) is 18.4 Å². The molecule has 102 valence electrons. The molecule has 0 radical (unpaired) electrons. The Labute approximate surface area is 112 Å². The van der Waals surface area contributed by atoms with E-state index in [0.29, 0.717) is 19.0 Å². The van der Waals surface area contributed by atoms with Gasteiger partial charge in [0.05, 0.1) is 6.67 Å². The highest BCUT2D eigenvalue weighted by Gasteiger charge is 2.54. The summed E-state index contributed by atoms with van der Waals surface area (Å²) in [5, 5.41) is 0. The number of benzene rings is 1. The van der Waals surface area contributed by atoms with Gasteiger partial charge in [0.15, 0.2) is 0 Å². The molecule has 1 aliphatic carbocycles. The average Bonchev–Trinajstić information content (AvgIpc) is 2.70. The minimum absolute atomic E-state index is 0.258. The molecule has 19 heavy (non-hydrogen) atoms. The monoisotopic (exact) mass is 263 g/mol. The molecule has 3 rings (SSSR count). The van der Waals surface area contributed by atoms with Crippen molar-refractivity contribution in [1.82, 2.24) is 4.90 Å². The van der Waals surface area contributed by atoms with Gasteiger partial charge in [0.1, 0.15) is 6.61 Å². The van der Waals surface area contributed by atoms with Crippen molar-refractivity contribution in [3.05, 3.63) is 35.9 Å². The molecule has 0 bridgehead atoms. The maximum atomic E-state index is 13.1. The number of hydrogen-bond acceptors (Lipinski definition) is 2. The number of carbonyl (C=O) groups excluding carboxylic acids is 1. The van der Waals surface area contributed by atoms with Crippen LogP contribution < -0.4 is 0 Å². The second-order valence-electron chi connectivity index (χ2n) is 5.65. The molecule has 1 amide bonds. The molecule has 1 aromatic rings. The van der Waals surface area contributed by atoms with Crippen molar-refractivity contribution in [1.29, 1.82) is 0 Å². The maximum Gasteiger partial charge on any atom is 0.410 e. The van der Waals surface area contributed by atoms with Crippen LogP contribution in [0.2, 0.25) is 0 Å². The third kappa shape index (κ3) is 2.20. The Morgan fingerprint density at radius 3 is 2.79 bits per heavy atom. The predicted molar refractivity (Wildman–Crippen MR) is 69.3 cm³/mol. The van der Waals surface area contributed by atoms with Crippen molar-refractivity contribution in [3.63, 3.8) is 0 Å². The second kappa shape index (κ2) is 4.83. The molecule has 0 N–H and O–H groups in total. The first kappa shape index (κ1) is 12.5. The lowest BCUT2D eigenvalue weighted by Gasteiger charge is -2.41. The maximum absolute atomic E-state index is 13.1. The minimum atomic E-state index is -0.319. The summed E-state index contributed by atoms with van der Waals surface area (Å²) in [5.41, 5.74) is 0.712. The van der Waals surface area contributed by atoms with E-state index in [1.165, 1.54) is 0 Å². The highest BCUT2D eigenvalue weighted by Crippen LogP contribution is 2.52. The van der Waals surface area contributed by atoms with Crippen molar-refractivity contribution >= 4 is 6.09 Å². The van der Waals surface area contributed by atoms with Gasteiger partial charge >= 0.3 is 6.09 Å². The van der Waals surface area contributed by atoms with E-state index in [2.05, 4.69) is 0 Å². The molecule has 2 fully saturated rings. The van der Waals surface area contributed by atoms with Crippen molar-refractivity contribution in [2.45, 2.75) is 19.4 Å². The molecular weight excluding hydrogens is 245 g/mol. The molecule has 4 heteroatoms. The van der Waals surface area contributed by atoms with Crippen molar-refractivity contribution in [2.75, 3.05) is 19.8 Å². The number of rotatable bonds is 3. The molecule has 1 aliphatic heterocycles. The highest BCUT2D eigenvalue weighted by atomic mass is 19.1. The van der Waals surface area contributed by atoms with E-state index in [9.17, 15) is 9.18 Å². The molecular formula is C15H18FNO2. The van der Waals surface area contributed by atoms with Gasteiger partial charge in [0, 0.05) is 18.5 Å². The van der Waals surface area contributed by atoms with Crippen LogP contribution in [0.3, 0.4) is 0 Å². The lowest BCUT2D eigenvalue weighted by Crippen LogP contribution is -2.41. The van der Waals surface area contributed by atoms with E-state index in [4.69, 9.17) is 4.74 Å². The average molecular weight is 263 g/mol. The van der Waals surface area contributed by atoms with Crippen LogP contribution in [0.25, 0.3) is 0 Å². The zero-order valence-corrected chi connectivity index (χ0v) is 10.8. The number of halogens is 1. The lowest BCUT2D eigenvalue weighted by molar-refractivity contribution is 0.0497. The van der Waals surface area contributed by atoms with Gasteiger partial charge in [-0.25, -0.2) is 4.79 Å². The fourth-order valence-electron chi connectivity index (χ4n) is 3.13. The van der Waals surface area contributed by atoms with Crippen molar-refractivity contribution in [3.8, 4) is 0 Å². The van der Waals surface area contributed by atoms with Gasteiger partial charge in [-0.2, -0.15) is 0 Å². The third-order valence-corrected chi connectivity index (χ3v) is 4.53. The summed E-state index contributed by atoms with van der Waals surface area (Å²) in [4.78, 5) is 13.6. The number of alkyl halides is 1. The summed E-state index contributed by atoms with van der Waals surface area (Å²) in [5.74, 6) is 0.335. The third-order valence-electron chi connectivity index (χ3n) is 4.53. The van der Waals surface area contributed by atoms with E-state index in [-0.39, 0.29) is 24.8 Å². The zero-order valence-electron chi connectivity index (χ0n) is 10.8. The Kier molecular flexibility index (Phi) is 3.17. The van der Waals surface area contributed by atoms with Crippen molar-refractivity contribution in [2.24, 2.45) is 11.3 Å². The van der Waals surface area contributed by atoms with Gasteiger partial charge in [-0.05, 0) is 24.3 Å². The summed E-state index contributed by atoms with van der Waals surface area (Å²) in [6.07, 6.45) is 1.62. The molecule has 2 aliphatic rings. The summed E-state index contributed by atoms with van der Waals surface area (Å²) in [6, 6.07) is 9.59. The van der Waals surface area contributed by atoms with Gasteiger partial charge in [0.2, 0.25) is 0 Å². The number of fused-ring (bicyclic) bond motifs is 1. The van der Waals surface area contributed by atoms with E-state index in [1.807, 2.05) is 30.3 Å². The number of likely N-dealkylation sites (tertiary alicyclic amines) is 1. The van der Waals surface area contributed by atoms with Gasteiger partial charge in [-0.1, -0.05) is 30.3 Å². The molecule has 3 nitrogen and oxygen atoms in total. The van der Waals surface area contributed by atoms with Crippen molar-refractivity contribution < 1.29 is 13.9 Å². The molecule has 0 unspecified atom stereocenters. The SMILES string of the molecule is O=C(OCc1ccccc1)N1C[C@@H]2CC[C@]2(CF)C1. The fraction of sp³-hybridized carbons (Fsp3) is 0.533. The Bertz CT molecular complexity index is 460. The number of ether oxygens (including phenoxy) is 1. The molecule has 2 atom stereocenters. The minimum Gasteiger partial charge on any atom is -0.445 e. The van der Waals surface area contributed by atoms with Crippen LogP contribution >= 0.6 is 0 Å². The van der Waals surface area contributed by atoms with Gasteiger partial charge in [0.25, 0.3) is 0 Å². The van der Waals surface area contributed by atoms with Crippen LogP contribution in [-0.4, -0.2) is 30.8 Å². The van der Waals surface area contributed by atoms with Gasteiger partial charge in [-0.15, -0.1) is 0 Å². The molecule has 0 aromatic heterocycles. The van der Waals surface area contributed by atoms with Gasteiger partial charge in [-0.3, -0.25) is 4.39 Å². The highest BCUT2D eigenvalue weighted by molar-refractivity contribution is 5.68. The number of hydrogen-bond donors (Lipinski definition) is 0. The number of nitrogens with zero attached hydrogens (tertiary/aromatic N) is 1. The lowest BCUT2D eigenvalue weighted by atomic mass is 9.63. The van der Waals surface area contributed by atoms with E-state index < -0.39 is 0 Å². The van der Waals surface area contributed by atoms with Crippen LogP contribution in [0.4, 0.5) is 9.18 Å². The van der Waals surface area contributed by atoms with Crippen LogP contribution in [0, 0.1) is 11.3 Å². The van der Waals surface area contributed by atoms with Crippen LogP contribution in [0.1, 0.15) is 18.4 Å². The standard InChI is InChI=1S/C15H18FNO2/c16-10-15-7-6-13(15)8-17(11-15)14(18)19-9-12-4-2-1-3-5-12/h1-5,13H,6-11H2/t13-,15-/m0/s1. The Morgan fingerprint density at radius 2 is 2.21 bits per heavy atom. The summed E-state index contributed by atoms with van der Waals surface area (Å²) in [7, 11) is 0.